The van der Waals surface area contributed by atoms with Gasteiger partial charge >= 0.3 is 0 Å². The number of hydrogen-bond acceptors (Lipinski definition) is 6. The molecule has 0 aliphatic carbocycles. The van der Waals surface area contributed by atoms with E-state index in [0.29, 0.717) is 49.1 Å². The Balaban J connectivity index is 1.36. The number of nitrogens with zero attached hydrogens (tertiary/aromatic N) is 1. The van der Waals surface area contributed by atoms with Gasteiger partial charge in [-0.2, -0.15) is 0 Å². The first-order valence-electron chi connectivity index (χ1n) is 10.5. The van der Waals surface area contributed by atoms with Crippen LogP contribution in [0.25, 0.3) is 0 Å². The topological polar surface area (TPSA) is 79.9 Å². The van der Waals surface area contributed by atoms with Crippen molar-refractivity contribution in [1.29, 1.82) is 0 Å². The summed E-state index contributed by atoms with van der Waals surface area (Å²) in [4.78, 5) is 2.78. The van der Waals surface area contributed by atoms with E-state index in [2.05, 4.69) is 14.9 Å². The molecule has 8 heteroatoms. The number of benzene rings is 1. The quantitative estimate of drug-likeness (QED) is 0.781. The predicted octanol–water partition coefficient (Wildman–Crippen LogP) is 1.20. The Morgan fingerprint density at radius 1 is 1.14 bits per heavy atom. The first kappa shape index (κ1) is 18.7. The van der Waals surface area contributed by atoms with Gasteiger partial charge in [-0.25, -0.2) is 13.1 Å². The Morgan fingerprint density at radius 3 is 2.93 bits per heavy atom. The number of rotatable bonds is 4. The number of piperidine rings is 3. The largest absolute Gasteiger partial charge is 0.486 e. The summed E-state index contributed by atoms with van der Waals surface area (Å²) in [5, 5.41) is 3.58. The van der Waals surface area contributed by atoms with Gasteiger partial charge in [0.05, 0.1) is 0 Å². The Labute approximate surface area is 166 Å². The van der Waals surface area contributed by atoms with Gasteiger partial charge in [0.2, 0.25) is 10.0 Å². The number of ether oxygens (including phenoxy) is 2. The number of nitrogens with one attached hydrogen (secondary N) is 2. The van der Waals surface area contributed by atoms with Crippen LogP contribution in [-0.4, -0.2) is 64.8 Å². The molecule has 0 aromatic heterocycles. The van der Waals surface area contributed by atoms with Gasteiger partial charge in [0, 0.05) is 18.6 Å². The van der Waals surface area contributed by atoms with Crippen molar-refractivity contribution in [1.82, 2.24) is 14.9 Å². The van der Waals surface area contributed by atoms with Gasteiger partial charge in [0.25, 0.3) is 0 Å². The predicted molar refractivity (Wildman–Crippen MR) is 105 cm³/mol. The lowest BCUT2D eigenvalue weighted by atomic mass is 9.73. The smallest absolute Gasteiger partial charge is 0.244 e. The van der Waals surface area contributed by atoms with Gasteiger partial charge in [0.1, 0.15) is 18.1 Å². The minimum atomic E-state index is -3.67. The van der Waals surface area contributed by atoms with Gasteiger partial charge in [-0.05, 0) is 62.9 Å². The van der Waals surface area contributed by atoms with E-state index in [1.165, 1.54) is 25.7 Å². The maximum Gasteiger partial charge on any atom is 0.244 e. The minimum absolute atomic E-state index is 0.176. The number of sulfonamides is 1. The van der Waals surface area contributed by atoms with E-state index < -0.39 is 10.0 Å². The number of hydrogen-bond donors (Lipinski definition) is 2. The van der Waals surface area contributed by atoms with E-state index >= 15 is 0 Å². The van der Waals surface area contributed by atoms with Crippen LogP contribution in [0.4, 0.5) is 0 Å². The van der Waals surface area contributed by atoms with E-state index in [1.54, 1.807) is 18.2 Å². The highest BCUT2D eigenvalue weighted by Gasteiger charge is 2.45. The van der Waals surface area contributed by atoms with Crippen LogP contribution >= 0.6 is 0 Å². The molecule has 4 aliphatic rings. The lowest BCUT2D eigenvalue weighted by Crippen LogP contribution is -2.65. The van der Waals surface area contributed by atoms with Gasteiger partial charge in [-0.1, -0.05) is 12.5 Å². The normalized spacial score (nSPS) is 32.6. The summed E-state index contributed by atoms with van der Waals surface area (Å²) in [5.41, 5.74) is 0. The maximum absolute atomic E-state index is 13.1. The molecule has 5 rings (SSSR count). The molecule has 2 N–H and O–H groups in total. The van der Waals surface area contributed by atoms with Crippen molar-refractivity contribution >= 4 is 10.0 Å². The molecule has 0 amide bonds. The molecule has 4 atom stereocenters. The van der Waals surface area contributed by atoms with Crippen LogP contribution in [0, 0.1) is 11.8 Å². The zero-order valence-corrected chi connectivity index (χ0v) is 16.9. The third-order valence-electron chi connectivity index (χ3n) is 6.83. The van der Waals surface area contributed by atoms with Crippen molar-refractivity contribution in [3.63, 3.8) is 0 Å². The van der Waals surface area contributed by atoms with Crippen LogP contribution in [-0.2, 0) is 10.0 Å². The van der Waals surface area contributed by atoms with Gasteiger partial charge in [-0.3, -0.25) is 4.90 Å². The summed E-state index contributed by atoms with van der Waals surface area (Å²) in [6.07, 6.45) is 4.94. The molecule has 1 aromatic rings. The van der Waals surface area contributed by atoms with Gasteiger partial charge < -0.3 is 14.8 Å². The average Bonchev–Trinajstić information content (AvgIpc) is 2.73. The second kappa shape index (κ2) is 7.48. The minimum Gasteiger partial charge on any atom is -0.486 e. The van der Waals surface area contributed by atoms with Crippen LogP contribution in [0.2, 0.25) is 0 Å². The highest BCUT2D eigenvalue weighted by atomic mass is 32.2. The van der Waals surface area contributed by atoms with E-state index in [9.17, 15) is 8.42 Å². The summed E-state index contributed by atoms with van der Waals surface area (Å²) < 4.78 is 40.3. The van der Waals surface area contributed by atoms with Crippen molar-refractivity contribution in [3.8, 4) is 11.5 Å². The molecular formula is C20H29N3O4S. The summed E-state index contributed by atoms with van der Waals surface area (Å²) in [7, 11) is -3.67. The molecule has 3 saturated heterocycles. The Kier molecular flexibility index (Phi) is 4.99. The van der Waals surface area contributed by atoms with Crippen LogP contribution < -0.4 is 19.5 Å². The molecule has 1 aromatic carbocycles. The van der Waals surface area contributed by atoms with E-state index in [4.69, 9.17) is 9.47 Å². The summed E-state index contributed by atoms with van der Waals surface area (Å²) in [6.45, 7) is 4.42. The van der Waals surface area contributed by atoms with Crippen molar-refractivity contribution in [2.75, 3.05) is 39.4 Å². The zero-order valence-electron chi connectivity index (χ0n) is 16.1. The Bertz CT molecular complexity index is 831. The zero-order chi connectivity index (χ0) is 19.1. The molecule has 4 aliphatic heterocycles. The first-order valence-corrected chi connectivity index (χ1v) is 12.0. The fourth-order valence-corrected chi connectivity index (χ4v) is 6.79. The van der Waals surface area contributed by atoms with Gasteiger partial charge in [-0.15, -0.1) is 0 Å². The highest BCUT2D eigenvalue weighted by molar-refractivity contribution is 7.89. The van der Waals surface area contributed by atoms with E-state index in [1.807, 2.05) is 0 Å². The molecule has 0 radical (unpaired) electrons. The second-order valence-electron chi connectivity index (χ2n) is 8.41. The molecule has 7 nitrogen and oxygen atoms in total. The van der Waals surface area contributed by atoms with Crippen molar-refractivity contribution in [2.24, 2.45) is 11.8 Å². The summed E-state index contributed by atoms with van der Waals surface area (Å²) in [5.74, 6) is 2.04. The molecule has 0 spiro atoms. The molecule has 0 unspecified atom stereocenters. The standard InChI is InChI=1S/C20H29N3O4S/c24-28(25,19-6-3-5-18-20(19)27-9-8-26-18)22-13-17-15-10-14(11-21-12-15)16-4-1-2-7-23(16)17/h3,5-6,14-17,21-22H,1-2,4,7-13H2/t14-,15+,16+,17+/m1/s1. The van der Waals surface area contributed by atoms with Crippen LogP contribution in [0.3, 0.4) is 0 Å². The number of fused-ring (bicyclic) bond motifs is 5. The fourth-order valence-electron chi connectivity index (χ4n) is 5.58. The summed E-state index contributed by atoms with van der Waals surface area (Å²) in [6, 6.07) is 5.90. The average molecular weight is 408 g/mol. The Hall–Kier alpha value is -1.35. The lowest BCUT2D eigenvalue weighted by molar-refractivity contribution is -0.0360. The lowest BCUT2D eigenvalue weighted by Gasteiger charge is -2.55. The molecule has 2 bridgehead atoms. The second-order valence-corrected chi connectivity index (χ2v) is 10.2. The molecule has 154 valence electrons. The summed E-state index contributed by atoms with van der Waals surface area (Å²) >= 11 is 0. The number of para-hydroxylation sites is 1. The Morgan fingerprint density at radius 2 is 2.00 bits per heavy atom. The third-order valence-corrected chi connectivity index (χ3v) is 8.27. The molecular weight excluding hydrogens is 378 g/mol. The SMILES string of the molecule is O=S(=O)(NC[C@H]1[C@@H]2CNC[C@@H](C2)[C@@H]2CCCCN21)c1cccc2c1OCCO2. The van der Waals surface area contributed by atoms with E-state index in [-0.39, 0.29) is 10.9 Å². The monoisotopic (exact) mass is 407 g/mol. The van der Waals surface area contributed by atoms with Crippen LogP contribution in [0.1, 0.15) is 25.7 Å². The molecule has 28 heavy (non-hydrogen) atoms. The van der Waals surface area contributed by atoms with Crippen molar-refractivity contribution < 1.29 is 17.9 Å². The first-order chi connectivity index (χ1) is 13.6. The molecule has 4 heterocycles. The van der Waals surface area contributed by atoms with E-state index in [0.717, 1.165) is 19.6 Å². The fraction of sp³-hybridized carbons (Fsp3) is 0.700. The maximum atomic E-state index is 13.1. The molecule has 0 saturated carbocycles. The van der Waals surface area contributed by atoms with Gasteiger partial charge in [0.15, 0.2) is 11.5 Å². The van der Waals surface area contributed by atoms with Crippen LogP contribution in [0.15, 0.2) is 23.1 Å². The van der Waals surface area contributed by atoms with Crippen molar-refractivity contribution in [2.45, 2.75) is 42.7 Å². The third kappa shape index (κ3) is 3.30. The van der Waals surface area contributed by atoms with Crippen molar-refractivity contribution in [3.05, 3.63) is 18.2 Å². The molecule has 3 fully saturated rings. The highest BCUT2D eigenvalue weighted by Crippen LogP contribution is 2.39. The van der Waals surface area contributed by atoms with Crippen LogP contribution in [0.5, 0.6) is 11.5 Å².